The second-order valence-corrected chi connectivity index (χ2v) is 8.93. The topological polar surface area (TPSA) is 97.5 Å². The Morgan fingerprint density at radius 3 is 2.38 bits per heavy atom. The minimum Gasteiger partial charge on any atom is -0.497 e. The van der Waals surface area contributed by atoms with Gasteiger partial charge in [-0.15, -0.1) is 0 Å². The number of carbonyl (C=O) groups excluding carboxylic acids is 2. The Morgan fingerprint density at radius 2 is 1.76 bits per heavy atom. The smallest absolute Gasteiger partial charge is 0.257 e. The molecule has 0 radical (unpaired) electrons. The molecule has 2 N–H and O–H groups in total. The average Bonchev–Trinajstić information content (AvgIpc) is 3.29. The van der Waals surface area contributed by atoms with E-state index in [9.17, 15) is 9.59 Å². The molecule has 1 atom stereocenters. The summed E-state index contributed by atoms with van der Waals surface area (Å²) < 4.78 is 10.9. The van der Waals surface area contributed by atoms with Gasteiger partial charge in [-0.05, 0) is 50.6 Å². The summed E-state index contributed by atoms with van der Waals surface area (Å²) >= 11 is 0. The van der Waals surface area contributed by atoms with Crippen LogP contribution in [0.4, 0.5) is 0 Å². The summed E-state index contributed by atoms with van der Waals surface area (Å²) in [5.41, 5.74) is 9.29. The van der Waals surface area contributed by atoms with Crippen molar-refractivity contribution < 1.29 is 19.1 Å². The average molecular weight is 465 g/mol. The molecule has 2 amide bonds. The van der Waals surface area contributed by atoms with Gasteiger partial charge in [0.25, 0.3) is 5.91 Å². The molecular weight excluding hydrogens is 432 g/mol. The van der Waals surface area contributed by atoms with Gasteiger partial charge in [0.15, 0.2) is 0 Å². The lowest BCUT2D eigenvalue weighted by molar-refractivity contribution is -0.134. The van der Waals surface area contributed by atoms with Crippen LogP contribution < -0.4 is 15.2 Å². The van der Waals surface area contributed by atoms with Crippen LogP contribution in [0.15, 0.2) is 47.6 Å². The van der Waals surface area contributed by atoms with Crippen molar-refractivity contribution in [2.75, 3.05) is 33.9 Å². The summed E-state index contributed by atoms with van der Waals surface area (Å²) in [4.78, 5) is 27.0. The number of amides is 2. The minimum absolute atomic E-state index is 0.0643. The van der Waals surface area contributed by atoms with E-state index in [1.54, 1.807) is 19.2 Å². The lowest BCUT2D eigenvalue weighted by atomic mass is 9.96. The van der Waals surface area contributed by atoms with Crippen molar-refractivity contribution in [2.45, 2.75) is 32.2 Å². The fourth-order valence-electron chi connectivity index (χ4n) is 4.63. The molecule has 0 unspecified atom stereocenters. The van der Waals surface area contributed by atoms with Gasteiger partial charge in [-0.25, -0.2) is 5.01 Å². The van der Waals surface area contributed by atoms with Gasteiger partial charge >= 0.3 is 0 Å². The molecule has 0 aliphatic carbocycles. The maximum atomic E-state index is 13.4. The monoisotopic (exact) mass is 464 g/mol. The second-order valence-electron chi connectivity index (χ2n) is 8.93. The number of benzene rings is 2. The Bertz CT molecular complexity index is 1070. The number of methoxy groups -OCH3 is 2. The standard InChI is InChI=1S/C26H32N4O4/c1-17-4-6-18(7-5-17)23-15-22(21-9-8-20(33-2)14-24(21)34-3)28-30(23)25(31)16-29-12-10-19(11-13-29)26(27)32/h4-9,14,19,23H,10-13,15-16H2,1-3H3,(H2,27,32)/t23-/m0/s1. The van der Waals surface area contributed by atoms with Crippen molar-refractivity contribution in [3.8, 4) is 11.5 Å². The molecule has 0 saturated carbocycles. The van der Waals surface area contributed by atoms with E-state index in [0.717, 1.165) is 22.4 Å². The molecule has 1 fully saturated rings. The van der Waals surface area contributed by atoms with Gasteiger partial charge in [0.05, 0.1) is 32.5 Å². The first kappa shape index (κ1) is 23.8. The summed E-state index contributed by atoms with van der Waals surface area (Å²) in [6.07, 6.45) is 1.95. The molecule has 2 aromatic carbocycles. The lowest BCUT2D eigenvalue weighted by Crippen LogP contribution is -2.44. The quantitative estimate of drug-likeness (QED) is 0.680. The van der Waals surface area contributed by atoms with E-state index in [1.165, 1.54) is 0 Å². The molecule has 1 saturated heterocycles. The summed E-state index contributed by atoms with van der Waals surface area (Å²) in [6.45, 7) is 3.64. The lowest BCUT2D eigenvalue weighted by Gasteiger charge is -2.31. The molecule has 4 rings (SSSR count). The van der Waals surface area contributed by atoms with E-state index in [2.05, 4.69) is 29.2 Å². The van der Waals surface area contributed by atoms with Gasteiger partial charge in [-0.3, -0.25) is 14.5 Å². The first-order valence-electron chi connectivity index (χ1n) is 11.6. The van der Waals surface area contributed by atoms with Crippen LogP contribution in [0.2, 0.25) is 0 Å². The number of carbonyl (C=O) groups is 2. The first-order chi connectivity index (χ1) is 16.4. The van der Waals surface area contributed by atoms with Crippen LogP contribution in [0.5, 0.6) is 11.5 Å². The van der Waals surface area contributed by atoms with Crippen LogP contribution in [-0.4, -0.2) is 61.3 Å². The third kappa shape index (κ3) is 5.07. The molecule has 2 aliphatic heterocycles. The summed E-state index contributed by atoms with van der Waals surface area (Å²) in [6, 6.07) is 13.6. The molecule has 0 aromatic heterocycles. The minimum atomic E-state index is -0.257. The van der Waals surface area contributed by atoms with Crippen molar-refractivity contribution in [1.82, 2.24) is 9.91 Å². The molecule has 0 bridgehead atoms. The highest BCUT2D eigenvalue weighted by Gasteiger charge is 2.35. The fourth-order valence-corrected chi connectivity index (χ4v) is 4.63. The van der Waals surface area contributed by atoms with E-state index in [0.29, 0.717) is 43.9 Å². The fraction of sp³-hybridized carbons (Fsp3) is 0.423. The zero-order chi connectivity index (χ0) is 24.2. The van der Waals surface area contributed by atoms with Crippen LogP contribution in [-0.2, 0) is 9.59 Å². The molecule has 0 spiro atoms. The number of piperidine rings is 1. The zero-order valence-electron chi connectivity index (χ0n) is 20.0. The number of likely N-dealkylation sites (tertiary alicyclic amines) is 1. The molecule has 34 heavy (non-hydrogen) atoms. The predicted molar refractivity (Wildman–Crippen MR) is 130 cm³/mol. The van der Waals surface area contributed by atoms with E-state index in [1.807, 2.05) is 25.1 Å². The van der Waals surface area contributed by atoms with Crippen LogP contribution >= 0.6 is 0 Å². The van der Waals surface area contributed by atoms with E-state index in [-0.39, 0.29) is 30.3 Å². The number of rotatable bonds is 7. The number of hydrogen-bond donors (Lipinski definition) is 1. The van der Waals surface area contributed by atoms with Gasteiger partial charge in [-0.2, -0.15) is 5.10 Å². The highest BCUT2D eigenvalue weighted by molar-refractivity contribution is 6.05. The van der Waals surface area contributed by atoms with Crippen LogP contribution in [0.25, 0.3) is 0 Å². The highest BCUT2D eigenvalue weighted by atomic mass is 16.5. The Hall–Kier alpha value is -3.39. The van der Waals surface area contributed by atoms with Crippen molar-refractivity contribution in [3.63, 3.8) is 0 Å². The molecule has 8 nitrogen and oxygen atoms in total. The largest absolute Gasteiger partial charge is 0.497 e. The van der Waals surface area contributed by atoms with E-state index < -0.39 is 0 Å². The van der Waals surface area contributed by atoms with Gasteiger partial charge in [0.2, 0.25) is 5.91 Å². The Balaban J connectivity index is 1.58. The Morgan fingerprint density at radius 1 is 1.06 bits per heavy atom. The number of hydrogen-bond acceptors (Lipinski definition) is 6. The van der Waals surface area contributed by atoms with Crippen molar-refractivity contribution in [1.29, 1.82) is 0 Å². The maximum absolute atomic E-state index is 13.4. The second kappa shape index (κ2) is 10.3. The van der Waals surface area contributed by atoms with Crippen molar-refractivity contribution in [2.24, 2.45) is 16.8 Å². The Kier molecular flexibility index (Phi) is 7.17. The zero-order valence-corrected chi connectivity index (χ0v) is 20.0. The summed E-state index contributed by atoms with van der Waals surface area (Å²) in [7, 11) is 3.23. The number of primary amides is 1. The van der Waals surface area contributed by atoms with Gasteiger partial charge in [0, 0.05) is 24.0 Å². The first-order valence-corrected chi connectivity index (χ1v) is 11.6. The van der Waals surface area contributed by atoms with Crippen molar-refractivity contribution >= 4 is 17.5 Å². The summed E-state index contributed by atoms with van der Waals surface area (Å²) in [5.74, 6) is 0.925. The number of aryl methyl sites for hydroxylation is 1. The molecule has 2 aromatic rings. The van der Waals surface area contributed by atoms with Crippen LogP contribution in [0, 0.1) is 12.8 Å². The van der Waals surface area contributed by atoms with Gasteiger partial charge in [-0.1, -0.05) is 29.8 Å². The number of nitrogens with two attached hydrogens (primary N) is 1. The molecule has 180 valence electrons. The van der Waals surface area contributed by atoms with E-state index in [4.69, 9.17) is 20.3 Å². The molecule has 8 heteroatoms. The third-order valence-corrected chi connectivity index (χ3v) is 6.70. The highest BCUT2D eigenvalue weighted by Crippen LogP contribution is 2.36. The van der Waals surface area contributed by atoms with E-state index >= 15 is 0 Å². The number of nitrogens with zero attached hydrogens (tertiary/aromatic N) is 3. The third-order valence-electron chi connectivity index (χ3n) is 6.70. The predicted octanol–water partition coefficient (Wildman–Crippen LogP) is 2.89. The molecule has 2 aliphatic rings. The molecule has 2 heterocycles. The van der Waals surface area contributed by atoms with Crippen LogP contribution in [0.3, 0.4) is 0 Å². The Labute approximate surface area is 200 Å². The van der Waals surface area contributed by atoms with Crippen LogP contribution in [0.1, 0.15) is 42.0 Å². The SMILES string of the molecule is COc1ccc(C2=NN(C(=O)CN3CCC(C(N)=O)CC3)[C@H](c3ccc(C)cc3)C2)c(OC)c1. The number of hydrazone groups is 1. The van der Waals surface area contributed by atoms with Gasteiger partial charge in [0.1, 0.15) is 11.5 Å². The molecular formula is C26H32N4O4. The maximum Gasteiger partial charge on any atom is 0.257 e. The number of ether oxygens (including phenoxy) is 2. The summed E-state index contributed by atoms with van der Waals surface area (Å²) in [5, 5.41) is 6.41. The van der Waals surface area contributed by atoms with Gasteiger partial charge < -0.3 is 15.2 Å². The van der Waals surface area contributed by atoms with Crippen molar-refractivity contribution in [3.05, 3.63) is 59.2 Å². The normalized spacial score (nSPS) is 19.1.